The quantitative estimate of drug-likeness (QED) is 0.324. The van der Waals surface area contributed by atoms with E-state index in [1.165, 1.54) is 0 Å². The van der Waals surface area contributed by atoms with E-state index in [2.05, 4.69) is 38.7 Å². The van der Waals surface area contributed by atoms with Crippen LogP contribution < -0.4 is 10.5 Å². The highest BCUT2D eigenvalue weighted by atomic mass is 79.9. The minimum atomic E-state index is -0.442. The molecule has 5 heteroatoms. The third-order valence-corrected chi connectivity index (χ3v) is 6.54. The van der Waals surface area contributed by atoms with Gasteiger partial charge in [0.1, 0.15) is 5.75 Å². The average molecular weight is 484 g/mol. The van der Waals surface area contributed by atoms with Crippen molar-refractivity contribution in [3.05, 3.63) is 101 Å². The Morgan fingerprint density at radius 1 is 1.00 bits per heavy atom. The molecule has 0 bridgehead atoms. The molecule has 2 N–H and O–H groups in total. The smallest absolute Gasteiger partial charge is 0.249 e. The van der Waals surface area contributed by atoms with Gasteiger partial charge in [0.2, 0.25) is 5.91 Å². The van der Waals surface area contributed by atoms with Gasteiger partial charge in [0, 0.05) is 27.4 Å². The van der Waals surface area contributed by atoms with Crippen molar-refractivity contribution >= 4 is 43.6 Å². The molecular weight excluding hydrogens is 464 g/mol. The highest BCUT2D eigenvalue weighted by molar-refractivity contribution is 9.10. The van der Waals surface area contributed by atoms with Gasteiger partial charge in [-0.3, -0.25) is 4.79 Å². The van der Waals surface area contributed by atoms with Gasteiger partial charge >= 0.3 is 0 Å². The maximum absolute atomic E-state index is 12.2. The number of nitrogens with two attached hydrogens (primary N) is 1. The van der Waals surface area contributed by atoms with Crippen molar-refractivity contribution in [1.29, 1.82) is 0 Å². The van der Waals surface area contributed by atoms with Crippen molar-refractivity contribution in [2.24, 2.45) is 5.73 Å². The number of benzene rings is 4. The lowest BCUT2D eigenvalue weighted by Gasteiger charge is -2.11. The van der Waals surface area contributed by atoms with Gasteiger partial charge in [0.05, 0.1) is 18.1 Å². The maximum atomic E-state index is 12.2. The molecule has 0 saturated heterocycles. The van der Waals surface area contributed by atoms with Crippen molar-refractivity contribution in [2.75, 3.05) is 7.11 Å². The lowest BCUT2D eigenvalue weighted by molar-refractivity contribution is 0.100. The molecule has 5 rings (SSSR count). The van der Waals surface area contributed by atoms with E-state index in [9.17, 15) is 4.79 Å². The van der Waals surface area contributed by atoms with E-state index in [4.69, 9.17) is 10.5 Å². The molecule has 1 amide bonds. The van der Waals surface area contributed by atoms with Crippen LogP contribution in [0.1, 0.15) is 15.9 Å². The number of carbonyl (C=O) groups excluding carboxylic acids is 1. The number of nitrogens with zero attached hydrogens (tertiary/aromatic N) is 1. The Morgan fingerprint density at radius 2 is 1.78 bits per heavy atom. The summed E-state index contributed by atoms with van der Waals surface area (Å²) in [6.45, 7) is 0.642. The number of hydrogen-bond acceptors (Lipinski definition) is 2. The molecule has 0 fully saturated rings. The molecule has 32 heavy (non-hydrogen) atoms. The monoisotopic (exact) mass is 483 g/mol. The molecule has 5 aromatic rings. The molecule has 0 unspecified atom stereocenters. The molecule has 1 radical (unpaired) electrons. The summed E-state index contributed by atoms with van der Waals surface area (Å²) in [6.07, 6.45) is 0. The molecule has 157 valence electrons. The Balaban J connectivity index is 1.78. The Labute approximate surface area is 194 Å². The Hall–Kier alpha value is -3.57. The van der Waals surface area contributed by atoms with Gasteiger partial charge in [-0.25, -0.2) is 0 Å². The van der Waals surface area contributed by atoms with Crippen LogP contribution in [0, 0.1) is 6.07 Å². The van der Waals surface area contributed by atoms with E-state index in [-0.39, 0.29) is 0 Å². The minimum Gasteiger partial charge on any atom is -0.497 e. The van der Waals surface area contributed by atoms with Crippen molar-refractivity contribution < 1.29 is 9.53 Å². The second-order valence-electron chi connectivity index (χ2n) is 7.62. The number of amides is 1. The minimum absolute atomic E-state index is 0.442. The maximum Gasteiger partial charge on any atom is 0.249 e. The van der Waals surface area contributed by atoms with E-state index in [0.29, 0.717) is 12.1 Å². The molecular formula is C27H20BrN2O2. The van der Waals surface area contributed by atoms with Crippen LogP contribution in [-0.4, -0.2) is 17.6 Å². The van der Waals surface area contributed by atoms with Gasteiger partial charge in [-0.1, -0.05) is 52.3 Å². The molecule has 1 heterocycles. The number of methoxy groups -OCH3 is 1. The molecule has 1 aromatic heterocycles. The number of carbonyl (C=O) groups is 1. The summed E-state index contributed by atoms with van der Waals surface area (Å²) in [5, 5.41) is 1.72. The van der Waals surface area contributed by atoms with Crippen molar-refractivity contribution in [1.82, 2.24) is 4.57 Å². The largest absolute Gasteiger partial charge is 0.497 e. The van der Waals surface area contributed by atoms with E-state index >= 15 is 0 Å². The SMILES string of the molecule is COc1ccc(-c2c[c]c3c4c(C(N)=O)cccc4n(Cc4ccccc4Br)c3c2)cc1. The van der Waals surface area contributed by atoms with Gasteiger partial charge in [0.15, 0.2) is 0 Å². The molecule has 4 nitrogen and oxygen atoms in total. The average Bonchev–Trinajstić information content (AvgIpc) is 3.13. The molecule has 0 saturated carbocycles. The van der Waals surface area contributed by atoms with Gasteiger partial charge < -0.3 is 15.0 Å². The zero-order valence-corrected chi connectivity index (χ0v) is 19.0. The third-order valence-electron chi connectivity index (χ3n) is 5.77. The highest BCUT2D eigenvalue weighted by Crippen LogP contribution is 2.35. The first-order chi connectivity index (χ1) is 15.6. The standard InChI is InChI=1S/C27H20BrN2O2/c1-32-20-12-9-17(10-13-20)18-11-14-21-25(15-18)30(16-19-5-2-3-7-23(19)28)24-8-4-6-22(26(21)24)27(29)31/h2-13,15H,16H2,1H3,(H2,29,31). The van der Waals surface area contributed by atoms with Crippen molar-refractivity contribution in [3.8, 4) is 16.9 Å². The predicted octanol–water partition coefficient (Wildman–Crippen LogP) is 6.18. The highest BCUT2D eigenvalue weighted by Gasteiger charge is 2.18. The summed E-state index contributed by atoms with van der Waals surface area (Å²) >= 11 is 3.67. The van der Waals surface area contributed by atoms with Gasteiger partial charge in [-0.2, -0.15) is 0 Å². The lowest BCUT2D eigenvalue weighted by atomic mass is 10.0. The van der Waals surface area contributed by atoms with Crippen LogP contribution in [-0.2, 0) is 6.54 Å². The molecule has 0 aliphatic heterocycles. The zero-order chi connectivity index (χ0) is 22.2. The van der Waals surface area contributed by atoms with E-state index < -0.39 is 5.91 Å². The molecule has 0 aliphatic carbocycles. The molecule has 0 spiro atoms. The van der Waals surface area contributed by atoms with E-state index in [0.717, 1.165) is 48.7 Å². The Morgan fingerprint density at radius 3 is 2.50 bits per heavy atom. The molecule has 4 aromatic carbocycles. The lowest BCUT2D eigenvalue weighted by Crippen LogP contribution is -2.11. The topological polar surface area (TPSA) is 57.2 Å². The second-order valence-corrected chi connectivity index (χ2v) is 8.47. The number of fused-ring (bicyclic) bond motifs is 3. The predicted molar refractivity (Wildman–Crippen MR) is 132 cm³/mol. The fraction of sp³-hybridized carbons (Fsp3) is 0.0741. The Kier molecular flexibility index (Phi) is 5.19. The number of rotatable bonds is 5. The Bertz CT molecular complexity index is 1470. The summed E-state index contributed by atoms with van der Waals surface area (Å²) in [4.78, 5) is 12.2. The van der Waals surface area contributed by atoms with Gasteiger partial charge in [-0.15, -0.1) is 0 Å². The van der Waals surface area contributed by atoms with Crippen LogP contribution >= 0.6 is 15.9 Å². The van der Waals surface area contributed by atoms with Gasteiger partial charge in [-0.05, 0) is 65.2 Å². The van der Waals surface area contributed by atoms with Crippen molar-refractivity contribution in [2.45, 2.75) is 6.54 Å². The molecule has 0 atom stereocenters. The first-order valence-corrected chi connectivity index (χ1v) is 11.0. The van der Waals surface area contributed by atoms with Crippen LogP contribution in [0.15, 0.2) is 83.3 Å². The fourth-order valence-corrected chi connectivity index (χ4v) is 4.59. The van der Waals surface area contributed by atoms with Crippen LogP contribution in [0.2, 0.25) is 0 Å². The normalized spacial score (nSPS) is 11.2. The summed E-state index contributed by atoms with van der Waals surface area (Å²) in [6, 6.07) is 29.3. The summed E-state index contributed by atoms with van der Waals surface area (Å²) in [5.41, 5.74) is 11.4. The first-order valence-electron chi connectivity index (χ1n) is 10.2. The number of hydrogen-bond donors (Lipinski definition) is 1. The number of aromatic nitrogens is 1. The van der Waals surface area contributed by atoms with Crippen LogP contribution in [0.25, 0.3) is 32.9 Å². The van der Waals surface area contributed by atoms with Gasteiger partial charge in [0.25, 0.3) is 0 Å². The second kappa shape index (κ2) is 8.17. The number of primary amides is 1. The van der Waals surface area contributed by atoms with E-state index in [1.807, 2.05) is 60.7 Å². The number of halogens is 1. The van der Waals surface area contributed by atoms with E-state index in [1.54, 1.807) is 13.2 Å². The zero-order valence-electron chi connectivity index (χ0n) is 17.4. The summed E-state index contributed by atoms with van der Waals surface area (Å²) < 4.78 is 8.55. The van der Waals surface area contributed by atoms with Crippen LogP contribution in [0.4, 0.5) is 0 Å². The van der Waals surface area contributed by atoms with Crippen LogP contribution in [0.3, 0.4) is 0 Å². The van der Waals surface area contributed by atoms with Crippen LogP contribution in [0.5, 0.6) is 5.75 Å². The summed E-state index contributed by atoms with van der Waals surface area (Å²) in [5.74, 6) is 0.371. The fourth-order valence-electron chi connectivity index (χ4n) is 4.18. The first kappa shape index (κ1) is 20.3. The molecule has 0 aliphatic rings. The third kappa shape index (κ3) is 3.45. The number of ether oxygens (including phenoxy) is 1. The van der Waals surface area contributed by atoms with Crippen molar-refractivity contribution in [3.63, 3.8) is 0 Å². The summed E-state index contributed by atoms with van der Waals surface area (Å²) in [7, 11) is 1.66.